The van der Waals surface area contributed by atoms with Gasteiger partial charge < -0.3 is 0 Å². The van der Waals surface area contributed by atoms with Crippen LogP contribution in [0, 0.1) is 17.3 Å². The largest absolute Gasteiger partial charge is 0.0628 e. The van der Waals surface area contributed by atoms with Crippen LogP contribution in [-0.2, 0) is 0 Å². The van der Waals surface area contributed by atoms with Gasteiger partial charge in [0, 0.05) is 0 Å². The first-order valence-electron chi connectivity index (χ1n) is 6.20. The lowest BCUT2D eigenvalue weighted by Crippen LogP contribution is -2.34. The zero-order valence-corrected chi connectivity index (χ0v) is 9.31. The molecule has 0 atom stereocenters. The lowest BCUT2D eigenvalue weighted by molar-refractivity contribution is 0.0508. The maximum Gasteiger partial charge on any atom is -0.0297 e. The van der Waals surface area contributed by atoms with Crippen LogP contribution in [-0.4, -0.2) is 0 Å². The summed E-state index contributed by atoms with van der Waals surface area (Å²) in [5.41, 5.74) is 0.869. The van der Waals surface area contributed by atoms with E-state index in [9.17, 15) is 0 Å². The Hall–Kier alpha value is 0. The lowest BCUT2D eigenvalue weighted by Gasteiger charge is -2.47. The van der Waals surface area contributed by atoms with Crippen LogP contribution in [0.5, 0.6) is 0 Å². The first-order chi connectivity index (χ1) is 6.20. The summed E-state index contributed by atoms with van der Waals surface area (Å²) in [5, 5.41) is 0. The molecule has 2 fully saturated rings. The molecule has 0 aliphatic heterocycles. The summed E-state index contributed by atoms with van der Waals surface area (Å²) in [6, 6.07) is 0. The van der Waals surface area contributed by atoms with Crippen LogP contribution in [0.2, 0.25) is 0 Å². The van der Waals surface area contributed by atoms with Crippen molar-refractivity contribution < 1.29 is 0 Å². The summed E-state index contributed by atoms with van der Waals surface area (Å²) in [6.45, 7) is 4.74. The molecule has 0 heteroatoms. The van der Waals surface area contributed by atoms with Crippen LogP contribution < -0.4 is 0 Å². The third-order valence-electron chi connectivity index (χ3n) is 4.38. The Labute approximate surface area is 83.1 Å². The van der Waals surface area contributed by atoms with Gasteiger partial charge in [-0.1, -0.05) is 20.3 Å². The first kappa shape index (κ1) is 9.55. The van der Waals surface area contributed by atoms with Gasteiger partial charge in [0.25, 0.3) is 0 Å². The van der Waals surface area contributed by atoms with Crippen molar-refractivity contribution in [1.29, 1.82) is 0 Å². The molecule has 0 aromatic carbocycles. The minimum Gasteiger partial charge on any atom is -0.0628 e. The fraction of sp³-hybridized carbons (Fsp3) is 1.00. The molecule has 0 heterocycles. The van der Waals surface area contributed by atoms with Gasteiger partial charge in [-0.15, -0.1) is 0 Å². The fourth-order valence-electron chi connectivity index (χ4n) is 3.37. The van der Waals surface area contributed by atoms with Crippen molar-refractivity contribution in [2.24, 2.45) is 17.3 Å². The van der Waals surface area contributed by atoms with Crippen molar-refractivity contribution in [3.8, 4) is 0 Å². The van der Waals surface area contributed by atoms with Crippen LogP contribution in [0.25, 0.3) is 0 Å². The molecule has 2 aliphatic rings. The summed E-state index contributed by atoms with van der Waals surface area (Å²) in [7, 11) is 0. The van der Waals surface area contributed by atoms with Crippen molar-refractivity contribution in [2.45, 2.75) is 65.2 Å². The third-order valence-corrected chi connectivity index (χ3v) is 4.38. The van der Waals surface area contributed by atoms with Gasteiger partial charge in [-0.25, -0.2) is 0 Å². The van der Waals surface area contributed by atoms with E-state index in [4.69, 9.17) is 0 Å². The Morgan fingerprint density at radius 3 is 2.08 bits per heavy atom. The molecule has 0 aromatic rings. The second-order valence-corrected chi connectivity index (χ2v) is 5.93. The average Bonchev–Trinajstić information content (AvgIpc) is 2.02. The molecule has 76 valence electrons. The van der Waals surface area contributed by atoms with E-state index in [0.29, 0.717) is 0 Å². The zero-order chi connectivity index (χ0) is 9.31. The second kappa shape index (κ2) is 3.63. The number of hydrogen-bond donors (Lipinski definition) is 0. The van der Waals surface area contributed by atoms with E-state index in [1.54, 1.807) is 25.7 Å². The highest BCUT2D eigenvalue weighted by molar-refractivity contribution is 4.91. The molecule has 13 heavy (non-hydrogen) atoms. The van der Waals surface area contributed by atoms with Gasteiger partial charge >= 0.3 is 0 Å². The molecular formula is C13H24. The predicted octanol–water partition coefficient (Wildman–Crippen LogP) is 4.39. The highest BCUT2D eigenvalue weighted by atomic mass is 14.4. The second-order valence-electron chi connectivity index (χ2n) is 5.93. The molecular weight excluding hydrogens is 156 g/mol. The van der Waals surface area contributed by atoms with Crippen molar-refractivity contribution in [2.75, 3.05) is 0 Å². The van der Waals surface area contributed by atoms with E-state index < -0.39 is 0 Å². The summed E-state index contributed by atoms with van der Waals surface area (Å²) in [5.74, 6) is 1.99. The lowest BCUT2D eigenvalue weighted by atomic mass is 9.58. The topological polar surface area (TPSA) is 0 Å². The van der Waals surface area contributed by atoms with Gasteiger partial charge in [0.2, 0.25) is 0 Å². The molecule has 0 saturated heterocycles. The Bertz CT molecular complexity index is 155. The van der Waals surface area contributed by atoms with Crippen molar-refractivity contribution in [1.82, 2.24) is 0 Å². The summed E-state index contributed by atoms with van der Waals surface area (Å²) in [6.07, 6.45) is 12.3. The summed E-state index contributed by atoms with van der Waals surface area (Å²) < 4.78 is 0. The van der Waals surface area contributed by atoms with Gasteiger partial charge in [0.1, 0.15) is 0 Å². The van der Waals surface area contributed by atoms with Crippen LogP contribution in [0.4, 0.5) is 0 Å². The monoisotopic (exact) mass is 180 g/mol. The average molecular weight is 180 g/mol. The molecule has 0 radical (unpaired) electrons. The molecule has 0 amide bonds. The van der Waals surface area contributed by atoms with E-state index in [1.807, 2.05) is 0 Å². The number of hydrogen-bond acceptors (Lipinski definition) is 0. The number of rotatable bonds is 2. The Morgan fingerprint density at radius 1 is 1.08 bits per heavy atom. The van der Waals surface area contributed by atoms with Gasteiger partial charge in [0.05, 0.1) is 0 Å². The van der Waals surface area contributed by atoms with Crippen molar-refractivity contribution in [3.05, 3.63) is 0 Å². The molecule has 0 unspecified atom stereocenters. The molecule has 0 nitrogen and oxygen atoms in total. The normalized spacial score (nSPS) is 27.9. The van der Waals surface area contributed by atoms with Crippen molar-refractivity contribution in [3.63, 3.8) is 0 Å². The van der Waals surface area contributed by atoms with E-state index in [1.165, 1.54) is 25.7 Å². The molecule has 2 aliphatic carbocycles. The Balaban J connectivity index is 1.76. The maximum atomic E-state index is 2.37. The quantitative estimate of drug-likeness (QED) is 0.591. The van der Waals surface area contributed by atoms with Gasteiger partial charge in [-0.3, -0.25) is 0 Å². The van der Waals surface area contributed by atoms with Gasteiger partial charge in [-0.2, -0.15) is 0 Å². The maximum absolute atomic E-state index is 2.37. The minimum absolute atomic E-state index is 0.869. The summed E-state index contributed by atoms with van der Waals surface area (Å²) >= 11 is 0. The Morgan fingerprint density at radius 2 is 1.69 bits per heavy atom. The molecule has 2 saturated carbocycles. The third kappa shape index (κ3) is 2.08. The van der Waals surface area contributed by atoms with E-state index in [0.717, 1.165) is 17.3 Å². The smallest absolute Gasteiger partial charge is 0.0297 e. The first-order valence-corrected chi connectivity index (χ1v) is 6.20. The minimum atomic E-state index is 0.869. The molecule has 0 aromatic heterocycles. The van der Waals surface area contributed by atoms with Crippen LogP contribution in [0.1, 0.15) is 65.2 Å². The van der Waals surface area contributed by atoms with Crippen LogP contribution in [0.15, 0.2) is 0 Å². The predicted molar refractivity (Wildman–Crippen MR) is 57.7 cm³/mol. The zero-order valence-electron chi connectivity index (χ0n) is 9.31. The van der Waals surface area contributed by atoms with E-state index >= 15 is 0 Å². The highest BCUT2D eigenvalue weighted by Crippen LogP contribution is 2.53. The van der Waals surface area contributed by atoms with Gasteiger partial charge in [0.15, 0.2) is 0 Å². The highest BCUT2D eigenvalue weighted by Gasteiger charge is 2.39. The van der Waals surface area contributed by atoms with Crippen LogP contribution >= 0.6 is 0 Å². The van der Waals surface area contributed by atoms with Crippen LogP contribution in [0.3, 0.4) is 0 Å². The van der Waals surface area contributed by atoms with Crippen molar-refractivity contribution >= 4 is 0 Å². The SMILES string of the molecule is CC(C)CC1CCC2(CCC2)CC1. The molecule has 2 rings (SSSR count). The molecule has 0 bridgehead atoms. The fourth-order valence-corrected chi connectivity index (χ4v) is 3.37. The van der Waals surface area contributed by atoms with E-state index in [-0.39, 0.29) is 0 Å². The summed E-state index contributed by atoms with van der Waals surface area (Å²) in [4.78, 5) is 0. The van der Waals surface area contributed by atoms with E-state index in [2.05, 4.69) is 13.8 Å². The Kier molecular flexibility index (Phi) is 2.67. The molecule has 1 spiro atoms. The van der Waals surface area contributed by atoms with Gasteiger partial charge in [-0.05, 0) is 62.2 Å². The standard InChI is InChI=1S/C13H24/c1-11(2)10-12-4-8-13(9-5-12)6-3-7-13/h11-12H,3-10H2,1-2H3. The molecule has 0 N–H and O–H groups in total.